The van der Waals surface area contributed by atoms with Crippen LogP contribution in [0.15, 0.2) is 0 Å². The second kappa shape index (κ2) is 8.07. The largest absolute Gasteiger partial charge is 0.385 e. The van der Waals surface area contributed by atoms with Gasteiger partial charge in [-0.1, -0.05) is 13.8 Å². The summed E-state index contributed by atoms with van der Waals surface area (Å²) in [6.07, 6.45) is 1.43. The minimum atomic E-state index is -2.93. The van der Waals surface area contributed by atoms with Crippen LogP contribution in [0.3, 0.4) is 0 Å². The number of hydrogen-bond donors (Lipinski definition) is 1. The minimum Gasteiger partial charge on any atom is -0.385 e. The molecule has 1 atom stereocenters. The van der Waals surface area contributed by atoms with E-state index >= 15 is 0 Å². The highest BCUT2D eigenvalue weighted by molar-refractivity contribution is 7.91. The van der Waals surface area contributed by atoms with E-state index in [1.807, 2.05) is 13.8 Å². The van der Waals surface area contributed by atoms with E-state index in [0.717, 1.165) is 13.0 Å². The highest BCUT2D eigenvalue weighted by atomic mass is 32.2. The molecule has 0 amide bonds. The summed E-state index contributed by atoms with van der Waals surface area (Å²) in [6.45, 7) is 5.31. The number of methoxy groups -OCH3 is 1. The van der Waals surface area contributed by atoms with Crippen molar-refractivity contribution < 1.29 is 13.2 Å². The van der Waals surface area contributed by atoms with Gasteiger partial charge in [0, 0.05) is 19.8 Å². The van der Waals surface area contributed by atoms with Crippen LogP contribution in [0, 0.1) is 0 Å². The Balaban J connectivity index is 3.99. The van der Waals surface area contributed by atoms with Gasteiger partial charge in [-0.2, -0.15) is 0 Å². The maximum atomic E-state index is 11.7. The van der Waals surface area contributed by atoms with E-state index in [9.17, 15) is 8.42 Å². The number of sulfone groups is 1. The van der Waals surface area contributed by atoms with E-state index in [4.69, 9.17) is 4.74 Å². The average molecular weight is 237 g/mol. The molecule has 0 bridgehead atoms. The van der Waals surface area contributed by atoms with E-state index in [2.05, 4.69) is 5.32 Å². The summed E-state index contributed by atoms with van der Waals surface area (Å²) in [7, 11) is -1.35. The van der Waals surface area contributed by atoms with Crippen molar-refractivity contribution in [3.63, 3.8) is 0 Å². The van der Waals surface area contributed by atoms with E-state index < -0.39 is 9.84 Å². The Morgan fingerprint density at radius 1 is 1.33 bits per heavy atom. The van der Waals surface area contributed by atoms with Crippen molar-refractivity contribution in [1.29, 1.82) is 0 Å². The lowest BCUT2D eigenvalue weighted by Crippen LogP contribution is -2.35. The Hall–Kier alpha value is -0.130. The molecule has 0 aliphatic carbocycles. The predicted molar refractivity (Wildman–Crippen MR) is 62.9 cm³/mol. The monoisotopic (exact) mass is 237 g/mol. The van der Waals surface area contributed by atoms with Crippen LogP contribution >= 0.6 is 0 Å². The third kappa shape index (κ3) is 7.76. The zero-order valence-electron chi connectivity index (χ0n) is 9.95. The van der Waals surface area contributed by atoms with Gasteiger partial charge < -0.3 is 10.1 Å². The Labute approximate surface area is 93.3 Å². The molecule has 1 unspecified atom stereocenters. The molecule has 0 fully saturated rings. The van der Waals surface area contributed by atoms with Crippen LogP contribution in [0.2, 0.25) is 0 Å². The normalized spacial score (nSPS) is 14.1. The van der Waals surface area contributed by atoms with Gasteiger partial charge in [-0.05, 0) is 19.4 Å². The second-order valence-corrected chi connectivity index (χ2v) is 5.85. The third-order valence-electron chi connectivity index (χ3n) is 2.24. The van der Waals surface area contributed by atoms with Crippen molar-refractivity contribution in [2.75, 3.05) is 31.8 Å². The fourth-order valence-electron chi connectivity index (χ4n) is 1.42. The van der Waals surface area contributed by atoms with E-state index in [-0.39, 0.29) is 17.5 Å². The molecule has 0 rings (SSSR count). The van der Waals surface area contributed by atoms with Crippen LogP contribution < -0.4 is 5.32 Å². The summed E-state index contributed by atoms with van der Waals surface area (Å²) in [4.78, 5) is 0. The van der Waals surface area contributed by atoms with Crippen LogP contribution in [0.5, 0.6) is 0 Å². The van der Waals surface area contributed by atoms with Gasteiger partial charge in [0.1, 0.15) is 0 Å². The maximum absolute atomic E-state index is 11.7. The summed E-state index contributed by atoms with van der Waals surface area (Å²) in [6, 6.07) is 0.0857. The third-order valence-corrected chi connectivity index (χ3v) is 4.07. The first-order chi connectivity index (χ1) is 7.05. The highest BCUT2D eigenvalue weighted by Crippen LogP contribution is 2.01. The molecule has 0 aliphatic heterocycles. The van der Waals surface area contributed by atoms with Crippen LogP contribution in [0.25, 0.3) is 0 Å². The Morgan fingerprint density at radius 2 is 2.00 bits per heavy atom. The van der Waals surface area contributed by atoms with Gasteiger partial charge in [-0.3, -0.25) is 0 Å². The zero-order valence-corrected chi connectivity index (χ0v) is 10.8. The Kier molecular flexibility index (Phi) is 8.00. The van der Waals surface area contributed by atoms with Gasteiger partial charge in [-0.15, -0.1) is 0 Å². The van der Waals surface area contributed by atoms with Crippen molar-refractivity contribution in [3.05, 3.63) is 0 Å². The lowest BCUT2D eigenvalue weighted by molar-refractivity contribution is 0.199. The van der Waals surface area contributed by atoms with E-state index in [0.29, 0.717) is 13.0 Å². The van der Waals surface area contributed by atoms with Crippen LogP contribution in [-0.2, 0) is 14.6 Å². The fourth-order valence-corrected chi connectivity index (χ4v) is 3.11. The molecule has 0 heterocycles. The van der Waals surface area contributed by atoms with Crippen molar-refractivity contribution in [2.24, 2.45) is 0 Å². The van der Waals surface area contributed by atoms with Crippen molar-refractivity contribution in [2.45, 2.75) is 32.7 Å². The van der Waals surface area contributed by atoms with Gasteiger partial charge in [0.2, 0.25) is 0 Å². The second-order valence-electron chi connectivity index (χ2n) is 3.62. The standard InChI is InChI=1S/C10H23NO3S/c1-4-10(11-5-2)9-15(12,13)8-6-7-14-3/h10-11H,4-9H2,1-3H3. The van der Waals surface area contributed by atoms with E-state index in [1.165, 1.54) is 0 Å². The molecule has 0 radical (unpaired) electrons. The molecule has 4 nitrogen and oxygen atoms in total. The molecule has 0 saturated carbocycles. The number of hydrogen-bond acceptors (Lipinski definition) is 4. The molecule has 5 heteroatoms. The van der Waals surface area contributed by atoms with Crippen molar-refractivity contribution >= 4 is 9.84 Å². The Bertz CT molecular complexity index is 239. The van der Waals surface area contributed by atoms with Crippen LogP contribution in [-0.4, -0.2) is 46.2 Å². The molecular weight excluding hydrogens is 214 g/mol. The fraction of sp³-hybridized carbons (Fsp3) is 1.00. The Morgan fingerprint density at radius 3 is 2.47 bits per heavy atom. The molecule has 0 aliphatic rings. The van der Waals surface area contributed by atoms with Gasteiger partial charge in [0.05, 0.1) is 11.5 Å². The number of rotatable bonds is 9. The van der Waals surface area contributed by atoms with Gasteiger partial charge >= 0.3 is 0 Å². The molecule has 1 N–H and O–H groups in total. The topological polar surface area (TPSA) is 55.4 Å². The lowest BCUT2D eigenvalue weighted by atomic mass is 10.2. The molecule has 0 saturated heterocycles. The lowest BCUT2D eigenvalue weighted by Gasteiger charge is -2.15. The molecule has 0 aromatic carbocycles. The van der Waals surface area contributed by atoms with Gasteiger partial charge in [0.15, 0.2) is 9.84 Å². The summed E-state index contributed by atoms with van der Waals surface area (Å²) < 4.78 is 28.1. The molecule has 0 aromatic rings. The molecular formula is C10H23NO3S. The summed E-state index contributed by atoms with van der Waals surface area (Å²) in [5.74, 6) is 0.462. The zero-order chi connectivity index (χ0) is 11.7. The molecule has 15 heavy (non-hydrogen) atoms. The average Bonchev–Trinajstić information content (AvgIpc) is 2.17. The first kappa shape index (κ1) is 14.9. The van der Waals surface area contributed by atoms with Crippen LogP contribution in [0.4, 0.5) is 0 Å². The summed E-state index contributed by atoms with van der Waals surface area (Å²) in [5, 5.41) is 3.17. The van der Waals surface area contributed by atoms with Crippen LogP contribution in [0.1, 0.15) is 26.7 Å². The van der Waals surface area contributed by atoms with Gasteiger partial charge in [-0.25, -0.2) is 8.42 Å². The predicted octanol–water partition coefficient (Wildman–Crippen LogP) is 0.826. The molecule has 0 spiro atoms. The summed E-state index contributed by atoms with van der Waals surface area (Å²) in [5.41, 5.74) is 0. The first-order valence-electron chi connectivity index (χ1n) is 5.48. The van der Waals surface area contributed by atoms with Crippen molar-refractivity contribution in [1.82, 2.24) is 5.32 Å². The quantitative estimate of drug-likeness (QED) is 0.603. The highest BCUT2D eigenvalue weighted by Gasteiger charge is 2.16. The van der Waals surface area contributed by atoms with Crippen molar-refractivity contribution in [3.8, 4) is 0 Å². The number of ether oxygens (including phenoxy) is 1. The molecule has 0 aromatic heterocycles. The number of nitrogens with one attached hydrogen (secondary N) is 1. The maximum Gasteiger partial charge on any atom is 0.151 e. The summed E-state index contributed by atoms with van der Waals surface area (Å²) >= 11 is 0. The van der Waals surface area contributed by atoms with Gasteiger partial charge in [0.25, 0.3) is 0 Å². The SMILES string of the molecule is CCNC(CC)CS(=O)(=O)CCCOC. The minimum absolute atomic E-state index is 0.0857. The van der Waals surface area contributed by atoms with E-state index in [1.54, 1.807) is 7.11 Å². The first-order valence-corrected chi connectivity index (χ1v) is 7.30. The smallest absolute Gasteiger partial charge is 0.151 e. The molecule has 92 valence electrons.